The third-order valence-corrected chi connectivity index (χ3v) is 3.50. The van der Waals surface area contributed by atoms with Crippen LogP contribution >= 0.6 is 22.3 Å². The molecule has 0 amide bonds. The van der Waals surface area contributed by atoms with Crippen LogP contribution in [0.5, 0.6) is 5.75 Å². The summed E-state index contributed by atoms with van der Waals surface area (Å²) in [5.41, 5.74) is 0. The van der Waals surface area contributed by atoms with E-state index in [2.05, 4.69) is 0 Å². The molecule has 0 aliphatic rings. The molecule has 0 aliphatic carbocycles. The van der Waals surface area contributed by atoms with Crippen LogP contribution in [0.2, 0.25) is 5.02 Å². The number of unbranched alkanes of at least 4 members (excludes halogenated alkanes) is 1. The first-order valence-corrected chi connectivity index (χ1v) is 7.51. The van der Waals surface area contributed by atoms with E-state index in [-0.39, 0.29) is 10.6 Å². The topological polar surface area (TPSA) is 43.4 Å². The van der Waals surface area contributed by atoms with Gasteiger partial charge in [0.25, 0.3) is 9.05 Å². The van der Waals surface area contributed by atoms with Crippen LogP contribution in [0.1, 0.15) is 19.8 Å². The van der Waals surface area contributed by atoms with E-state index in [0.717, 1.165) is 12.8 Å². The van der Waals surface area contributed by atoms with Gasteiger partial charge in [-0.2, -0.15) is 0 Å². The van der Waals surface area contributed by atoms with Crippen molar-refractivity contribution in [2.45, 2.75) is 24.7 Å². The van der Waals surface area contributed by atoms with Gasteiger partial charge in [0.1, 0.15) is 10.6 Å². The third kappa shape index (κ3) is 3.85. The third-order valence-electron chi connectivity index (χ3n) is 1.92. The zero-order valence-corrected chi connectivity index (χ0v) is 11.1. The summed E-state index contributed by atoms with van der Waals surface area (Å²) in [4.78, 5) is -0.0854. The number of rotatable bonds is 5. The molecule has 90 valence electrons. The highest BCUT2D eigenvalue weighted by Gasteiger charge is 2.17. The maximum atomic E-state index is 11.3. The van der Waals surface area contributed by atoms with E-state index in [9.17, 15) is 8.42 Å². The maximum absolute atomic E-state index is 11.3. The molecule has 0 bridgehead atoms. The van der Waals surface area contributed by atoms with Gasteiger partial charge in [0.2, 0.25) is 0 Å². The van der Waals surface area contributed by atoms with E-state index < -0.39 is 9.05 Å². The minimum atomic E-state index is -3.83. The summed E-state index contributed by atoms with van der Waals surface area (Å²) >= 11 is 5.71. The first-order chi connectivity index (χ1) is 7.45. The summed E-state index contributed by atoms with van der Waals surface area (Å²) in [6.45, 7) is 2.47. The average Bonchev–Trinajstić information content (AvgIpc) is 2.19. The molecule has 0 spiro atoms. The van der Waals surface area contributed by atoms with Gasteiger partial charge in [-0.1, -0.05) is 24.9 Å². The molecule has 1 aromatic carbocycles. The van der Waals surface area contributed by atoms with Crippen LogP contribution in [0.25, 0.3) is 0 Å². The van der Waals surface area contributed by atoms with Gasteiger partial charge in [-0.25, -0.2) is 8.42 Å². The Balaban J connectivity index is 2.99. The highest BCUT2D eigenvalue weighted by molar-refractivity contribution is 8.13. The first-order valence-electron chi connectivity index (χ1n) is 4.82. The summed E-state index contributed by atoms with van der Waals surface area (Å²) < 4.78 is 27.9. The van der Waals surface area contributed by atoms with Gasteiger partial charge in [0.15, 0.2) is 0 Å². The minimum Gasteiger partial charge on any atom is -0.492 e. The smallest absolute Gasteiger partial charge is 0.265 e. The molecule has 0 heterocycles. The van der Waals surface area contributed by atoms with Crippen LogP contribution in [-0.4, -0.2) is 15.0 Å². The van der Waals surface area contributed by atoms with E-state index in [1.807, 2.05) is 6.92 Å². The number of ether oxygens (including phenoxy) is 1. The summed E-state index contributed by atoms with van der Waals surface area (Å²) in [7, 11) is 1.45. The van der Waals surface area contributed by atoms with Gasteiger partial charge in [0.05, 0.1) is 6.61 Å². The van der Waals surface area contributed by atoms with Gasteiger partial charge in [-0.15, -0.1) is 0 Å². The Labute approximate surface area is 105 Å². The molecule has 6 heteroatoms. The predicted octanol–water partition coefficient (Wildman–Crippen LogP) is 3.45. The highest BCUT2D eigenvalue weighted by atomic mass is 35.7. The Morgan fingerprint density at radius 1 is 1.38 bits per heavy atom. The summed E-state index contributed by atoms with van der Waals surface area (Å²) in [6.07, 6.45) is 1.82. The Hall–Kier alpha value is -0.450. The predicted molar refractivity (Wildman–Crippen MR) is 64.9 cm³/mol. The lowest BCUT2D eigenvalue weighted by Gasteiger charge is -2.09. The number of hydrogen-bond acceptors (Lipinski definition) is 3. The van der Waals surface area contributed by atoms with Gasteiger partial charge >= 0.3 is 0 Å². The van der Waals surface area contributed by atoms with Crippen molar-refractivity contribution in [2.24, 2.45) is 0 Å². The van der Waals surface area contributed by atoms with Crippen molar-refractivity contribution in [1.29, 1.82) is 0 Å². The van der Waals surface area contributed by atoms with Crippen LogP contribution in [0, 0.1) is 0 Å². The quantitative estimate of drug-likeness (QED) is 0.614. The van der Waals surface area contributed by atoms with Gasteiger partial charge in [-0.05, 0) is 24.6 Å². The van der Waals surface area contributed by atoms with Crippen LogP contribution in [0.3, 0.4) is 0 Å². The SMILES string of the molecule is CCCCOc1ccc(Cl)cc1S(=O)(=O)Cl. The summed E-state index contributed by atoms with van der Waals surface area (Å²) in [5, 5.41) is 0.307. The summed E-state index contributed by atoms with van der Waals surface area (Å²) in [6, 6.07) is 4.35. The van der Waals surface area contributed by atoms with Crippen LogP contribution in [0.4, 0.5) is 0 Å². The lowest BCUT2D eigenvalue weighted by Crippen LogP contribution is -2.01. The fourth-order valence-corrected chi connectivity index (χ4v) is 2.35. The Morgan fingerprint density at radius 3 is 2.62 bits per heavy atom. The normalized spacial score (nSPS) is 11.4. The zero-order valence-electron chi connectivity index (χ0n) is 8.74. The van der Waals surface area contributed by atoms with Crippen molar-refractivity contribution in [2.75, 3.05) is 6.61 Å². The van der Waals surface area contributed by atoms with Crippen molar-refractivity contribution < 1.29 is 13.2 Å². The lowest BCUT2D eigenvalue weighted by molar-refractivity contribution is 0.302. The molecular weight excluding hydrogens is 271 g/mol. The fraction of sp³-hybridized carbons (Fsp3) is 0.400. The molecule has 0 aliphatic heterocycles. The summed E-state index contributed by atoms with van der Waals surface area (Å²) in [5.74, 6) is 0.243. The fourth-order valence-electron chi connectivity index (χ4n) is 1.12. The number of halogens is 2. The first kappa shape index (κ1) is 13.6. The van der Waals surface area contributed by atoms with E-state index >= 15 is 0 Å². The number of hydrogen-bond donors (Lipinski definition) is 0. The Bertz CT molecular complexity index is 457. The molecular formula is C10H12Cl2O3S. The molecule has 16 heavy (non-hydrogen) atoms. The highest BCUT2D eigenvalue weighted by Crippen LogP contribution is 2.29. The van der Waals surface area contributed by atoms with Crippen LogP contribution in [0.15, 0.2) is 23.1 Å². The van der Waals surface area contributed by atoms with E-state index in [0.29, 0.717) is 11.6 Å². The van der Waals surface area contributed by atoms with Crippen molar-refractivity contribution in [1.82, 2.24) is 0 Å². The number of benzene rings is 1. The second-order valence-electron chi connectivity index (χ2n) is 3.23. The standard InChI is InChI=1S/C10H12Cl2O3S/c1-2-3-6-15-9-5-4-8(11)7-10(9)16(12,13)14/h4-5,7H,2-3,6H2,1H3. The Kier molecular flexibility index (Phi) is 4.89. The molecule has 0 saturated heterocycles. The van der Waals surface area contributed by atoms with Gasteiger partial charge < -0.3 is 4.74 Å². The van der Waals surface area contributed by atoms with Gasteiger partial charge in [0, 0.05) is 15.7 Å². The van der Waals surface area contributed by atoms with Crippen molar-refractivity contribution in [3.63, 3.8) is 0 Å². The molecule has 1 aromatic rings. The molecule has 0 N–H and O–H groups in total. The average molecular weight is 283 g/mol. The molecule has 0 fully saturated rings. The molecule has 0 aromatic heterocycles. The minimum absolute atomic E-state index is 0.0854. The van der Waals surface area contributed by atoms with E-state index in [1.54, 1.807) is 6.07 Å². The van der Waals surface area contributed by atoms with Crippen molar-refractivity contribution in [3.05, 3.63) is 23.2 Å². The molecule has 0 atom stereocenters. The van der Waals surface area contributed by atoms with Crippen molar-refractivity contribution >= 4 is 31.3 Å². The maximum Gasteiger partial charge on any atom is 0.265 e. The second-order valence-corrected chi connectivity index (χ2v) is 6.20. The molecule has 3 nitrogen and oxygen atoms in total. The van der Waals surface area contributed by atoms with Crippen LogP contribution in [-0.2, 0) is 9.05 Å². The Morgan fingerprint density at radius 2 is 2.06 bits per heavy atom. The van der Waals surface area contributed by atoms with Crippen LogP contribution < -0.4 is 4.74 Å². The molecule has 0 radical (unpaired) electrons. The van der Waals surface area contributed by atoms with E-state index in [1.165, 1.54) is 12.1 Å². The largest absolute Gasteiger partial charge is 0.492 e. The zero-order chi connectivity index (χ0) is 12.2. The van der Waals surface area contributed by atoms with Crippen molar-refractivity contribution in [3.8, 4) is 5.75 Å². The molecule has 0 saturated carbocycles. The lowest BCUT2D eigenvalue weighted by atomic mass is 10.3. The molecule has 0 unspecified atom stereocenters. The monoisotopic (exact) mass is 282 g/mol. The van der Waals surface area contributed by atoms with E-state index in [4.69, 9.17) is 27.0 Å². The second kappa shape index (κ2) is 5.75. The molecule has 1 rings (SSSR count). The van der Waals surface area contributed by atoms with Gasteiger partial charge in [-0.3, -0.25) is 0 Å².